The Bertz CT molecular complexity index is 384. The summed E-state index contributed by atoms with van der Waals surface area (Å²) in [6, 6.07) is 4.60. The van der Waals surface area contributed by atoms with Gasteiger partial charge in [-0.25, -0.2) is 0 Å². The second-order valence-electron chi connectivity index (χ2n) is 6.88. The van der Waals surface area contributed by atoms with Crippen LogP contribution in [0.3, 0.4) is 0 Å². The van der Waals surface area contributed by atoms with E-state index in [1.807, 2.05) is 6.20 Å². The van der Waals surface area contributed by atoms with Crippen LogP contribution in [0.25, 0.3) is 0 Å². The summed E-state index contributed by atoms with van der Waals surface area (Å²) in [6.45, 7) is 6.91. The van der Waals surface area contributed by atoms with Crippen LogP contribution in [0.2, 0.25) is 0 Å². The smallest absolute Gasteiger partial charge is 0.0419 e. The van der Waals surface area contributed by atoms with Crippen molar-refractivity contribution in [2.75, 3.05) is 0 Å². The van der Waals surface area contributed by atoms with Crippen molar-refractivity contribution in [2.24, 2.45) is 17.1 Å². The fourth-order valence-electron chi connectivity index (χ4n) is 3.04. The third-order valence-corrected chi connectivity index (χ3v) is 4.73. The lowest BCUT2D eigenvalue weighted by atomic mass is 9.71. The van der Waals surface area contributed by atoms with Crippen molar-refractivity contribution in [3.8, 4) is 0 Å². The molecule has 1 aromatic rings. The molecule has 0 saturated heterocycles. The van der Waals surface area contributed by atoms with Gasteiger partial charge in [-0.2, -0.15) is 0 Å². The summed E-state index contributed by atoms with van der Waals surface area (Å²) in [6.07, 6.45) is 9.15. The van der Waals surface area contributed by atoms with Gasteiger partial charge in [0.2, 0.25) is 0 Å². The molecule has 0 amide bonds. The second kappa shape index (κ2) is 6.04. The summed E-state index contributed by atoms with van der Waals surface area (Å²) in [4.78, 5) is 4.53. The van der Waals surface area contributed by atoms with E-state index in [0.29, 0.717) is 11.3 Å². The van der Waals surface area contributed by atoms with Crippen molar-refractivity contribution in [2.45, 2.75) is 65.3 Å². The Kier molecular flexibility index (Phi) is 4.62. The fourth-order valence-corrected chi connectivity index (χ4v) is 3.04. The van der Waals surface area contributed by atoms with Gasteiger partial charge in [-0.05, 0) is 55.1 Å². The predicted octanol–water partition coefficient (Wildman–Crippen LogP) is 3.73. The highest BCUT2D eigenvalue weighted by atomic mass is 14.7. The Hall–Kier alpha value is -0.890. The maximum Gasteiger partial charge on any atom is 0.0419 e. The Labute approximate surface area is 117 Å². The minimum atomic E-state index is 0.274. The van der Waals surface area contributed by atoms with E-state index in [4.69, 9.17) is 5.73 Å². The zero-order valence-corrected chi connectivity index (χ0v) is 12.7. The molecule has 2 rings (SSSR count). The molecule has 0 aliphatic heterocycles. The van der Waals surface area contributed by atoms with Gasteiger partial charge in [0.25, 0.3) is 0 Å². The molecule has 1 heterocycles. The summed E-state index contributed by atoms with van der Waals surface area (Å²) in [5, 5.41) is 0. The summed E-state index contributed by atoms with van der Waals surface area (Å²) in [5.74, 6) is 0.681. The minimum absolute atomic E-state index is 0.274. The Morgan fingerprint density at radius 1 is 1.32 bits per heavy atom. The number of aryl methyl sites for hydroxylation is 1. The van der Waals surface area contributed by atoms with Gasteiger partial charge in [-0.15, -0.1) is 0 Å². The molecule has 0 aromatic carbocycles. The van der Waals surface area contributed by atoms with Gasteiger partial charge >= 0.3 is 0 Å². The molecule has 0 radical (unpaired) electrons. The van der Waals surface area contributed by atoms with Crippen molar-refractivity contribution >= 4 is 0 Å². The average Bonchev–Trinajstić information content (AvgIpc) is 2.39. The molecule has 1 fully saturated rings. The summed E-state index contributed by atoms with van der Waals surface area (Å²) in [7, 11) is 0. The molecule has 0 spiro atoms. The van der Waals surface area contributed by atoms with Crippen LogP contribution in [0, 0.1) is 11.3 Å². The molecule has 0 bridgehead atoms. The number of nitrogens with zero attached hydrogens (tertiary/aromatic N) is 1. The number of rotatable bonds is 4. The lowest BCUT2D eigenvalue weighted by molar-refractivity contribution is 0.172. The molecule has 1 unspecified atom stereocenters. The van der Waals surface area contributed by atoms with Crippen molar-refractivity contribution in [1.82, 2.24) is 4.98 Å². The SMILES string of the molecule is CCc1ccc(CC(N)C2CCC(C)(C)CC2)nc1. The first kappa shape index (κ1) is 14.5. The molecular formula is C17H28N2. The summed E-state index contributed by atoms with van der Waals surface area (Å²) < 4.78 is 0. The van der Waals surface area contributed by atoms with E-state index in [1.54, 1.807) is 0 Å². The molecule has 1 aliphatic rings. The van der Waals surface area contributed by atoms with Crippen molar-refractivity contribution in [3.63, 3.8) is 0 Å². The molecule has 1 aliphatic carbocycles. The lowest BCUT2D eigenvalue weighted by Gasteiger charge is -2.36. The normalized spacial score (nSPS) is 21.3. The van der Waals surface area contributed by atoms with Crippen LogP contribution in [0.5, 0.6) is 0 Å². The maximum atomic E-state index is 6.40. The van der Waals surface area contributed by atoms with Crippen LogP contribution in [0.1, 0.15) is 57.7 Å². The molecule has 2 N–H and O–H groups in total. The van der Waals surface area contributed by atoms with Crippen molar-refractivity contribution in [1.29, 1.82) is 0 Å². The van der Waals surface area contributed by atoms with Gasteiger partial charge in [0.05, 0.1) is 0 Å². The number of hydrogen-bond donors (Lipinski definition) is 1. The maximum absolute atomic E-state index is 6.40. The number of hydrogen-bond acceptors (Lipinski definition) is 2. The van der Waals surface area contributed by atoms with E-state index in [-0.39, 0.29) is 6.04 Å². The Morgan fingerprint density at radius 3 is 2.53 bits per heavy atom. The van der Waals surface area contributed by atoms with Crippen LogP contribution in [0.15, 0.2) is 18.3 Å². The van der Waals surface area contributed by atoms with Crippen molar-refractivity contribution in [3.05, 3.63) is 29.6 Å². The third-order valence-electron chi connectivity index (χ3n) is 4.73. The zero-order chi connectivity index (χ0) is 13.9. The Balaban J connectivity index is 1.88. The standard InChI is InChI=1S/C17H28N2/c1-4-13-5-6-15(19-12-13)11-16(18)14-7-9-17(2,3)10-8-14/h5-6,12,14,16H,4,7-11,18H2,1-3H3. The topological polar surface area (TPSA) is 38.9 Å². The van der Waals surface area contributed by atoms with E-state index < -0.39 is 0 Å². The molecule has 1 aromatic heterocycles. The molecule has 106 valence electrons. The van der Waals surface area contributed by atoms with Gasteiger partial charge in [0, 0.05) is 24.4 Å². The fraction of sp³-hybridized carbons (Fsp3) is 0.706. The highest BCUT2D eigenvalue weighted by Crippen LogP contribution is 2.39. The molecule has 1 saturated carbocycles. The quantitative estimate of drug-likeness (QED) is 0.896. The van der Waals surface area contributed by atoms with Crippen LogP contribution in [-0.2, 0) is 12.8 Å². The van der Waals surface area contributed by atoms with Crippen molar-refractivity contribution < 1.29 is 0 Å². The first-order valence-electron chi connectivity index (χ1n) is 7.69. The van der Waals surface area contributed by atoms with E-state index in [2.05, 4.69) is 37.9 Å². The van der Waals surface area contributed by atoms with E-state index >= 15 is 0 Å². The number of aromatic nitrogens is 1. The average molecular weight is 260 g/mol. The molecule has 1 atom stereocenters. The molecular weight excluding hydrogens is 232 g/mol. The summed E-state index contributed by atoms with van der Waals surface area (Å²) in [5.41, 5.74) is 9.37. The van der Waals surface area contributed by atoms with Crippen LogP contribution >= 0.6 is 0 Å². The largest absolute Gasteiger partial charge is 0.327 e. The number of pyridine rings is 1. The van der Waals surface area contributed by atoms with Gasteiger partial charge in [-0.1, -0.05) is 26.8 Å². The van der Waals surface area contributed by atoms with Crippen LogP contribution in [-0.4, -0.2) is 11.0 Å². The van der Waals surface area contributed by atoms with E-state index in [1.165, 1.54) is 31.2 Å². The van der Waals surface area contributed by atoms with E-state index in [9.17, 15) is 0 Å². The summed E-state index contributed by atoms with van der Waals surface area (Å²) >= 11 is 0. The highest BCUT2D eigenvalue weighted by Gasteiger charge is 2.29. The molecule has 2 nitrogen and oxygen atoms in total. The number of nitrogens with two attached hydrogens (primary N) is 1. The van der Waals surface area contributed by atoms with Crippen LogP contribution in [0.4, 0.5) is 0 Å². The highest BCUT2D eigenvalue weighted by molar-refractivity contribution is 5.14. The minimum Gasteiger partial charge on any atom is -0.327 e. The predicted molar refractivity (Wildman–Crippen MR) is 81.0 cm³/mol. The monoisotopic (exact) mass is 260 g/mol. The van der Waals surface area contributed by atoms with Gasteiger partial charge < -0.3 is 5.73 Å². The first-order chi connectivity index (χ1) is 9.00. The molecule has 19 heavy (non-hydrogen) atoms. The molecule has 2 heteroatoms. The van der Waals surface area contributed by atoms with Crippen LogP contribution < -0.4 is 5.73 Å². The van der Waals surface area contributed by atoms with Gasteiger partial charge in [0.15, 0.2) is 0 Å². The lowest BCUT2D eigenvalue weighted by Crippen LogP contribution is -2.36. The zero-order valence-electron chi connectivity index (χ0n) is 12.7. The second-order valence-corrected chi connectivity index (χ2v) is 6.88. The van der Waals surface area contributed by atoms with Gasteiger partial charge in [0.1, 0.15) is 0 Å². The Morgan fingerprint density at radius 2 is 2.00 bits per heavy atom. The first-order valence-corrected chi connectivity index (χ1v) is 7.69. The third kappa shape index (κ3) is 4.04. The van der Waals surface area contributed by atoms with Gasteiger partial charge in [-0.3, -0.25) is 4.98 Å². The van der Waals surface area contributed by atoms with E-state index in [0.717, 1.165) is 18.5 Å².